The van der Waals surface area contributed by atoms with E-state index in [0.29, 0.717) is 18.7 Å². The second kappa shape index (κ2) is 9.67. The van der Waals surface area contributed by atoms with E-state index < -0.39 is 0 Å². The number of fused-ring (bicyclic) bond motifs is 1. The molecule has 3 heterocycles. The lowest BCUT2D eigenvalue weighted by Gasteiger charge is -2.26. The Kier molecular flexibility index (Phi) is 6.72. The van der Waals surface area contributed by atoms with E-state index in [1.807, 2.05) is 0 Å². The Balaban J connectivity index is 1.54. The van der Waals surface area contributed by atoms with Crippen molar-refractivity contribution in [3.63, 3.8) is 0 Å². The normalized spacial score (nSPS) is 14.6. The number of aromatic nitrogens is 3. The standard InChI is InChI=1S/C24H31N5O3/c1-16-17(2)25-21-6-5-18(14-20(16)21)13-19-15-22(23(30)28(3)4)27-24(26-19)32-12-9-29-7-10-31-11-8-29/h5-6,14-15,25H,7-13H2,1-4H3. The minimum atomic E-state index is -0.167. The summed E-state index contributed by atoms with van der Waals surface area (Å²) in [7, 11) is 3.43. The van der Waals surface area contributed by atoms with Gasteiger partial charge in [0.15, 0.2) is 0 Å². The second-order valence-corrected chi connectivity index (χ2v) is 8.46. The van der Waals surface area contributed by atoms with E-state index in [4.69, 9.17) is 9.47 Å². The van der Waals surface area contributed by atoms with Crippen LogP contribution in [0.2, 0.25) is 0 Å². The number of aryl methyl sites for hydroxylation is 2. The van der Waals surface area contributed by atoms with Crippen LogP contribution in [-0.4, -0.2) is 84.2 Å². The van der Waals surface area contributed by atoms with Gasteiger partial charge in [0.2, 0.25) is 0 Å². The van der Waals surface area contributed by atoms with Crippen molar-refractivity contribution in [3.05, 3.63) is 52.5 Å². The van der Waals surface area contributed by atoms with Gasteiger partial charge in [-0.2, -0.15) is 9.97 Å². The molecule has 1 N–H and O–H groups in total. The lowest BCUT2D eigenvalue weighted by Crippen LogP contribution is -2.38. The van der Waals surface area contributed by atoms with Crippen molar-refractivity contribution >= 4 is 16.8 Å². The van der Waals surface area contributed by atoms with Crippen molar-refractivity contribution in [1.82, 2.24) is 24.8 Å². The third-order valence-corrected chi connectivity index (χ3v) is 5.88. The number of rotatable bonds is 7. The number of morpholine rings is 1. The number of ether oxygens (including phenoxy) is 2. The number of nitrogens with one attached hydrogen (secondary N) is 1. The minimum Gasteiger partial charge on any atom is -0.462 e. The summed E-state index contributed by atoms with van der Waals surface area (Å²) in [5.41, 5.74) is 5.78. The highest BCUT2D eigenvalue weighted by Crippen LogP contribution is 2.24. The molecule has 1 aromatic carbocycles. The Morgan fingerprint density at radius 1 is 1.19 bits per heavy atom. The summed E-state index contributed by atoms with van der Waals surface area (Å²) in [5.74, 6) is -0.167. The number of hydrogen-bond acceptors (Lipinski definition) is 6. The van der Waals surface area contributed by atoms with Crippen molar-refractivity contribution < 1.29 is 14.3 Å². The molecule has 8 nitrogen and oxygen atoms in total. The maximum absolute atomic E-state index is 12.6. The van der Waals surface area contributed by atoms with Crippen LogP contribution in [0, 0.1) is 13.8 Å². The second-order valence-electron chi connectivity index (χ2n) is 8.46. The Bertz CT molecular complexity index is 1100. The van der Waals surface area contributed by atoms with E-state index in [2.05, 4.69) is 51.9 Å². The molecular formula is C24H31N5O3. The van der Waals surface area contributed by atoms with Gasteiger partial charge in [-0.15, -0.1) is 0 Å². The van der Waals surface area contributed by atoms with E-state index in [0.717, 1.165) is 49.6 Å². The van der Waals surface area contributed by atoms with E-state index in [1.165, 1.54) is 21.5 Å². The van der Waals surface area contributed by atoms with Gasteiger partial charge in [-0.3, -0.25) is 9.69 Å². The fraction of sp³-hybridized carbons (Fsp3) is 0.458. The lowest BCUT2D eigenvalue weighted by atomic mass is 10.0. The Morgan fingerprint density at radius 2 is 1.97 bits per heavy atom. The van der Waals surface area contributed by atoms with Gasteiger partial charge >= 0.3 is 6.01 Å². The molecule has 3 aromatic rings. The Labute approximate surface area is 188 Å². The quantitative estimate of drug-likeness (QED) is 0.612. The van der Waals surface area contributed by atoms with Gasteiger partial charge in [-0.25, -0.2) is 0 Å². The highest BCUT2D eigenvalue weighted by molar-refractivity contribution is 5.92. The first-order chi connectivity index (χ1) is 15.4. The van der Waals surface area contributed by atoms with Gasteiger partial charge in [0.1, 0.15) is 12.3 Å². The first kappa shape index (κ1) is 22.2. The largest absolute Gasteiger partial charge is 0.462 e. The van der Waals surface area contributed by atoms with Gasteiger partial charge < -0.3 is 19.4 Å². The first-order valence-corrected chi connectivity index (χ1v) is 11.0. The van der Waals surface area contributed by atoms with Crippen molar-refractivity contribution in [1.29, 1.82) is 0 Å². The number of nitrogens with zero attached hydrogens (tertiary/aromatic N) is 4. The van der Waals surface area contributed by atoms with Gasteiger partial charge in [0.25, 0.3) is 5.91 Å². The molecule has 1 amide bonds. The maximum Gasteiger partial charge on any atom is 0.317 e. The van der Waals surface area contributed by atoms with Crippen LogP contribution < -0.4 is 4.74 Å². The van der Waals surface area contributed by atoms with E-state index in [-0.39, 0.29) is 11.9 Å². The zero-order valence-electron chi connectivity index (χ0n) is 19.3. The Hall–Kier alpha value is -2.97. The number of hydrogen-bond donors (Lipinski definition) is 1. The zero-order valence-corrected chi connectivity index (χ0v) is 19.3. The summed E-state index contributed by atoms with van der Waals surface area (Å²) < 4.78 is 11.3. The third-order valence-electron chi connectivity index (χ3n) is 5.88. The van der Waals surface area contributed by atoms with Crippen LogP contribution >= 0.6 is 0 Å². The molecule has 0 saturated carbocycles. The maximum atomic E-state index is 12.6. The molecule has 2 aromatic heterocycles. The molecule has 0 atom stereocenters. The summed E-state index contributed by atoms with van der Waals surface area (Å²) in [6, 6.07) is 8.37. The third kappa shape index (κ3) is 5.08. The first-order valence-electron chi connectivity index (χ1n) is 11.0. The molecule has 1 fully saturated rings. The molecule has 0 aliphatic carbocycles. The summed E-state index contributed by atoms with van der Waals surface area (Å²) in [5, 5.41) is 1.21. The van der Waals surface area contributed by atoms with Crippen molar-refractivity contribution in [2.24, 2.45) is 0 Å². The smallest absolute Gasteiger partial charge is 0.317 e. The van der Waals surface area contributed by atoms with Crippen LogP contribution in [0.25, 0.3) is 10.9 Å². The van der Waals surface area contributed by atoms with Crippen molar-refractivity contribution in [2.45, 2.75) is 20.3 Å². The molecule has 170 valence electrons. The van der Waals surface area contributed by atoms with Crippen molar-refractivity contribution in [2.75, 3.05) is 53.6 Å². The van der Waals surface area contributed by atoms with E-state index in [9.17, 15) is 4.79 Å². The van der Waals surface area contributed by atoms with Crippen LogP contribution in [0.1, 0.15) is 33.0 Å². The number of benzene rings is 1. The zero-order chi connectivity index (χ0) is 22.7. The van der Waals surface area contributed by atoms with Gasteiger partial charge in [-0.1, -0.05) is 6.07 Å². The predicted octanol–water partition coefficient (Wildman–Crippen LogP) is 2.58. The molecule has 0 radical (unpaired) electrons. The number of carbonyl (C=O) groups is 1. The molecule has 0 bridgehead atoms. The average Bonchev–Trinajstić information content (AvgIpc) is 3.07. The molecule has 1 saturated heterocycles. The van der Waals surface area contributed by atoms with Crippen LogP contribution in [0.3, 0.4) is 0 Å². The van der Waals surface area contributed by atoms with Gasteiger partial charge in [0.05, 0.1) is 18.9 Å². The molecule has 1 aliphatic rings. The summed E-state index contributed by atoms with van der Waals surface area (Å²) in [6.45, 7) is 8.74. The number of aromatic amines is 1. The van der Waals surface area contributed by atoms with Crippen LogP contribution in [0.15, 0.2) is 24.3 Å². The fourth-order valence-corrected chi connectivity index (χ4v) is 3.89. The molecule has 4 rings (SSSR count). The summed E-state index contributed by atoms with van der Waals surface area (Å²) in [4.78, 5) is 28.8. The van der Waals surface area contributed by atoms with E-state index in [1.54, 1.807) is 20.2 Å². The van der Waals surface area contributed by atoms with Crippen LogP contribution in [-0.2, 0) is 11.2 Å². The van der Waals surface area contributed by atoms with Gasteiger partial charge in [-0.05, 0) is 43.2 Å². The fourth-order valence-electron chi connectivity index (χ4n) is 3.89. The molecule has 8 heteroatoms. The SMILES string of the molecule is Cc1[nH]c2ccc(Cc3cc(C(=O)N(C)C)nc(OCCN4CCOCC4)n3)cc2c1C. The van der Waals surface area contributed by atoms with Crippen LogP contribution in [0.4, 0.5) is 0 Å². The Morgan fingerprint density at radius 3 is 2.72 bits per heavy atom. The molecule has 0 spiro atoms. The summed E-state index contributed by atoms with van der Waals surface area (Å²) in [6.07, 6.45) is 0.593. The average molecular weight is 438 g/mol. The van der Waals surface area contributed by atoms with E-state index >= 15 is 0 Å². The number of H-pyrrole nitrogens is 1. The van der Waals surface area contributed by atoms with Gasteiger partial charge in [0, 0.05) is 56.7 Å². The molecule has 0 unspecified atom stereocenters. The number of amides is 1. The summed E-state index contributed by atoms with van der Waals surface area (Å²) >= 11 is 0. The molecule has 32 heavy (non-hydrogen) atoms. The highest BCUT2D eigenvalue weighted by Gasteiger charge is 2.16. The van der Waals surface area contributed by atoms with Crippen molar-refractivity contribution in [3.8, 4) is 6.01 Å². The molecule has 1 aliphatic heterocycles. The number of carbonyl (C=O) groups excluding carboxylic acids is 1. The minimum absolute atomic E-state index is 0.167. The monoisotopic (exact) mass is 437 g/mol. The predicted molar refractivity (Wildman–Crippen MR) is 123 cm³/mol. The van der Waals surface area contributed by atoms with Crippen LogP contribution in [0.5, 0.6) is 6.01 Å². The molecular weight excluding hydrogens is 406 g/mol. The highest BCUT2D eigenvalue weighted by atomic mass is 16.5. The lowest BCUT2D eigenvalue weighted by molar-refractivity contribution is 0.0316. The topological polar surface area (TPSA) is 83.6 Å².